The number of nitrogens with zero attached hydrogens (tertiary/aromatic N) is 1. The van der Waals surface area contributed by atoms with Crippen molar-refractivity contribution in [2.24, 2.45) is 0 Å². The summed E-state index contributed by atoms with van der Waals surface area (Å²) in [4.78, 5) is 21.2. The van der Waals surface area contributed by atoms with Gasteiger partial charge in [-0.3, -0.25) is 9.69 Å². The van der Waals surface area contributed by atoms with Gasteiger partial charge in [0.25, 0.3) is 0 Å². The second-order valence-corrected chi connectivity index (χ2v) is 4.63. The molecule has 0 saturated heterocycles. The van der Waals surface area contributed by atoms with Crippen molar-refractivity contribution in [1.82, 2.24) is 4.90 Å². The molecule has 0 aliphatic heterocycles. The Bertz CT molecular complexity index is 602. The van der Waals surface area contributed by atoms with Gasteiger partial charge >= 0.3 is 18.1 Å². The zero-order chi connectivity index (χ0) is 21.3. The first-order chi connectivity index (χ1) is 12.4. The summed E-state index contributed by atoms with van der Waals surface area (Å²) in [5.41, 5.74) is 0.590. The second-order valence-electron chi connectivity index (χ2n) is 4.63. The summed E-state index contributed by atoms with van der Waals surface area (Å²) in [7, 11) is 0. The van der Waals surface area contributed by atoms with Crippen LogP contribution in [0.5, 0.6) is 0 Å². The van der Waals surface area contributed by atoms with E-state index in [4.69, 9.17) is 19.1 Å². The molecule has 1 aromatic rings. The minimum absolute atomic E-state index is 0.0298. The van der Waals surface area contributed by atoms with Crippen molar-refractivity contribution >= 4 is 11.9 Å². The molecule has 8 heteroatoms. The van der Waals surface area contributed by atoms with Crippen LogP contribution in [-0.2, 0) is 9.59 Å². The molecule has 0 radical (unpaired) electrons. The fourth-order valence-electron chi connectivity index (χ4n) is 1.66. The third-order valence-electron chi connectivity index (χ3n) is 2.85. The number of benzene rings is 1. The van der Waals surface area contributed by atoms with Crippen molar-refractivity contribution in [3.63, 3.8) is 0 Å². The molecule has 0 aliphatic rings. The van der Waals surface area contributed by atoms with E-state index in [1.165, 1.54) is 0 Å². The Morgan fingerprint density at radius 2 is 1.83 bits per heavy atom. The van der Waals surface area contributed by atoms with E-state index in [0.29, 0.717) is 25.1 Å². The van der Waals surface area contributed by atoms with E-state index in [-0.39, 0.29) is 6.42 Å². The molecule has 0 aliphatic carbocycles. The minimum atomic E-state index is -5.08. The number of hydrogen-bond acceptors (Lipinski definition) is 3. The molecule has 1 aromatic carbocycles. The molecule has 0 bridgehead atoms. The lowest BCUT2D eigenvalue weighted by atomic mass is 10.1. The van der Waals surface area contributed by atoms with Crippen LogP contribution in [0.3, 0.4) is 0 Å². The number of carboxylic acids is 2. The van der Waals surface area contributed by atoms with Crippen LogP contribution in [0.25, 0.3) is 0 Å². The van der Waals surface area contributed by atoms with Gasteiger partial charge < -0.3 is 10.2 Å². The molecule has 0 fully saturated rings. The molecule has 0 aromatic heterocycles. The van der Waals surface area contributed by atoms with Gasteiger partial charge in [-0.1, -0.05) is 37.3 Å². The van der Waals surface area contributed by atoms with Gasteiger partial charge in [0.2, 0.25) is 0 Å². The van der Waals surface area contributed by atoms with E-state index in [2.05, 4.69) is 0 Å². The average molecular weight is 355 g/mol. The number of carboxylic acid groups (broad SMARTS) is 2. The highest BCUT2D eigenvalue weighted by molar-refractivity contribution is 5.73. The highest BCUT2D eigenvalue weighted by Gasteiger charge is 2.38. The van der Waals surface area contributed by atoms with E-state index < -0.39 is 31.0 Å². The van der Waals surface area contributed by atoms with Gasteiger partial charge in [-0.05, 0) is 31.9 Å². The third-order valence-corrected chi connectivity index (χ3v) is 2.85. The fourth-order valence-corrected chi connectivity index (χ4v) is 1.66. The first-order valence-electron chi connectivity index (χ1n) is 8.69. The molecule has 0 saturated carbocycles. The van der Waals surface area contributed by atoms with E-state index in [1.54, 1.807) is 29.2 Å². The Kier molecular flexibility index (Phi) is 7.43. The first kappa shape index (κ1) is 16.8. The molecule has 5 nitrogen and oxygen atoms in total. The Labute approximate surface area is 142 Å². The van der Waals surface area contributed by atoms with Crippen LogP contribution in [0.4, 0.5) is 13.2 Å². The molecule has 1 atom stereocenters. The lowest BCUT2D eigenvalue weighted by Gasteiger charge is -2.28. The molecular weight excluding hydrogens is 327 g/mol. The molecular formula is C16H22F3NO4. The van der Waals surface area contributed by atoms with Crippen LogP contribution in [0.15, 0.2) is 30.3 Å². The van der Waals surface area contributed by atoms with Crippen LogP contribution in [0, 0.1) is 0 Å². The van der Waals surface area contributed by atoms with Crippen molar-refractivity contribution < 1.29 is 37.1 Å². The maximum Gasteiger partial charge on any atom is 0.490 e. The summed E-state index contributed by atoms with van der Waals surface area (Å²) in [6.45, 7) is 1.35. The number of alkyl halides is 3. The average Bonchev–Trinajstić information content (AvgIpc) is 2.58. The molecule has 24 heavy (non-hydrogen) atoms. The molecule has 1 unspecified atom stereocenters. The lowest BCUT2D eigenvalue weighted by Crippen LogP contribution is -2.28. The van der Waals surface area contributed by atoms with Gasteiger partial charge in [-0.15, -0.1) is 0 Å². The second kappa shape index (κ2) is 10.6. The normalized spacial score (nSPS) is 15.5. The standard InChI is InChI=1S/C14H21NO2.C2HF3O2/c1-3-15(11-7-10-14(16)17)12(2)13-8-5-4-6-9-13;3-2(4,5)1(6)7/h4-6,8-9,12H,3,7,10-11H2,1-2H3,(H,16,17);(H,6,7)/i2T2,12T;. The number of halogens is 3. The third kappa shape index (κ3) is 9.14. The molecule has 0 amide bonds. The highest BCUT2D eigenvalue weighted by Crippen LogP contribution is 2.19. The quantitative estimate of drug-likeness (QED) is 0.782. The zero-order valence-corrected chi connectivity index (χ0v) is 13.1. The summed E-state index contributed by atoms with van der Waals surface area (Å²) >= 11 is 0. The van der Waals surface area contributed by atoms with Gasteiger partial charge in [-0.2, -0.15) is 13.2 Å². The van der Waals surface area contributed by atoms with Crippen molar-refractivity contribution in [2.75, 3.05) is 13.1 Å². The van der Waals surface area contributed by atoms with Crippen molar-refractivity contribution in [1.29, 1.82) is 0 Å². The summed E-state index contributed by atoms with van der Waals surface area (Å²) in [6.07, 6.45) is -4.65. The zero-order valence-electron chi connectivity index (χ0n) is 16.1. The number of carbonyl (C=O) groups is 2. The number of aliphatic carboxylic acids is 2. The van der Waals surface area contributed by atoms with E-state index in [0.717, 1.165) is 0 Å². The maximum absolute atomic E-state index is 10.6. The molecule has 0 heterocycles. The Morgan fingerprint density at radius 1 is 1.29 bits per heavy atom. The predicted octanol–water partition coefficient (Wildman–Crippen LogP) is 3.57. The van der Waals surface area contributed by atoms with Crippen molar-refractivity contribution in [2.45, 2.75) is 38.8 Å². The monoisotopic (exact) mass is 355 g/mol. The summed E-state index contributed by atoms with van der Waals surface area (Å²) < 4.78 is 55.8. The smallest absolute Gasteiger partial charge is 0.481 e. The molecule has 0 spiro atoms. The minimum Gasteiger partial charge on any atom is -0.481 e. The number of hydrogen-bond donors (Lipinski definition) is 2. The van der Waals surface area contributed by atoms with Crippen molar-refractivity contribution in [3.8, 4) is 0 Å². The Balaban J connectivity index is 0.000000821. The Morgan fingerprint density at radius 3 is 2.21 bits per heavy atom. The van der Waals surface area contributed by atoms with Gasteiger partial charge in [0, 0.05) is 15.2 Å². The molecule has 1 rings (SSSR count). The Hall–Kier alpha value is -2.09. The van der Waals surface area contributed by atoms with Crippen LogP contribution in [0.2, 0.25) is 0 Å². The van der Waals surface area contributed by atoms with Crippen LogP contribution in [0.1, 0.15) is 42.3 Å². The largest absolute Gasteiger partial charge is 0.490 e. The van der Waals surface area contributed by atoms with Crippen LogP contribution in [-0.4, -0.2) is 46.3 Å². The fraction of sp³-hybridized carbons (Fsp3) is 0.500. The van der Waals surface area contributed by atoms with Gasteiger partial charge in [0.15, 0.2) is 0 Å². The highest BCUT2D eigenvalue weighted by atomic mass is 19.4. The summed E-state index contributed by atoms with van der Waals surface area (Å²) in [6, 6.07) is 7.39. The van der Waals surface area contributed by atoms with Crippen LogP contribution >= 0.6 is 0 Å². The van der Waals surface area contributed by atoms with E-state index in [1.807, 2.05) is 13.0 Å². The SMILES string of the molecule is O=C(O)C(F)(F)F.[3H]C([3H])C([3H])(c1ccccc1)N(CC)CCCC(=O)O. The van der Waals surface area contributed by atoms with E-state index in [9.17, 15) is 18.0 Å². The summed E-state index contributed by atoms with van der Waals surface area (Å²) in [5, 5.41) is 15.8. The lowest BCUT2D eigenvalue weighted by molar-refractivity contribution is -0.192. The predicted molar refractivity (Wildman–Crippen MR) is 82.7 cm³/mol. The molecule has 136 valence electrons. The van der Waals surface area contributed by atoms with Gasteiger partial charge in [-0.25, -0.2) is 4.79 Å². The van der Waals surface area contributed by atoms with Gasteiger partial charge in [0.05, 0.1) is 1.37 Å². The number of rotatable bonds is 7. The van der Waals surface area contributed by atoms with Crippen molar-refractivity contribution in [3.05, 3.63) is 35.9 Å². The maximum atomic E-state index is 10.6. The van der Waals surface area contributed by atoms with E-state index >= 15 is 0 Å². The topological polar surface area (TPSA) is 77.8 Å². The van der Waals surface area contributed by atoms with Gasteiger partial charge in [0.1, 0.15) is 0 Å². The first-order valence-corrected chi connectivity index (χ1v) is 7.04. The molecule has 2 N–H and O–H groups in total. The summed E-state index contributed by atoms with van der Waals surface area (Å²) in [5.74, 6) is -3.63. The van der Waals surface area contributed by atoms with Crippen LogP contribution < -0.4 is 0 Å².